The molecule has 2 N–H and O–H groups in total. The standard InChI is InChI=1S/C12H13FN2O4/c1-2-8-6-15(12(17)19-8)7-3-4-9(10(13)5-7)11(16)14-18/h3-5,8,18H,2,6H2,1H3,(H,14,16)/t8-/m0/s1. The summed E-state index contributed by atoms with van der Waals surface area (Å²) in [6.45, 7) is 2.23. The molecule has 0 spiro atoms. The van der Waals surface area contributed by atoms with E-state index >= 15 is 0 Å². The second-order valence-corrected chi connectivity index (χ2v) is 4.13. The summed E-state index contributed by atoms with van der Waals surface area (Å²) in [7, 11) is 0. The summed E-state index contributed by atoms with van der Waals surface area (Å²) in [6, 6.07) is 3.68. The zero-order chi connectivity index (χ0) is 14.0. The van der Waals surface area contributed by atoms with Gasteiger partial charge in [0.05, 0.1) is 17.8 Å². The van der Waals surface area contributed by atoms with Crippen LogP contribution in [-0.2, 0) is 4.74 Å². The van der Waals surface area contributed by atoms with Gasteiger partial charge in [0.2, 0.25) is 0 Å². The maximum absolute atomic E-state index is 13.7. The zero-order valence-electron chi connectivity index (χ0n) is 10.2. The highest BCUT2D eigenvalue weighted by molar-refractivity contribution is 5.95. The molecule has 0 unspecified atom stereocenters. The Labute approximate surface area is 108 Å². The number of hydrogen-bond acceptors (Lipinski definition) is 4. The number of rotatable bonds is 3. The smallest absolute Gasteiger partial charge is 0.414 e. The Bertz CT molecular complexity index is 520. The van der Waals surface area contributed by atoms with Crippen molar-refractivity contribution in [3.63, 3.8) is 0 Å². The van der Waals surface area contributed by atoms with Crippen molar-refractivity contribution in [1.82, 2.24) is 5.48 Å². The molecular weight excluding hydrogens is 255 g/mol. The molecule has 7 heteroatoms. The monoisotopic (exact) mass is 268 g/mol. The summed E-state index contributed by atoms with van der Waals surface area (Å²) >= 11 is 0. The predicted molar refractivity (Wildman–Crippen MR) is 63.6 cm³/mol. The Morgan fingerprint density at radius 1 is 1.63 bits per heavy atom. The van der Waals surface area contributed by atoms with E-state index in [1.165, 1.54) is 22.5 Å². The number of halogens is 1. The number of carbonyl (C=O) groups is 2. The van der Waals surface area contributed by atoms with Gasteiger partial charge in [-0.1, -0.05) is 6.92 Å². The van der Waals surface area contributed by atoms with Gasteiger partial charge in [0, 0.05) is 0 Å². The van der Waals surface area contributed by atoms with Crippen LogP contribution in [0.5, 0.6) is 0 Å². The largest absolute Gasteiger partial charge is 0.444 e. The Morgan fingerprint density at radius 2 is 2.37 bits per heavy atom. The fraction of sp³-hybridized carbons (Fsp3) is 0.333. The van der Waals surface area contributed by atoms with E-state index < -0.39 is 17.8 Å². The first-order valence-corrected chi connectivity index (χ1v) is 5.79. The van der Waals surface area contributed by atoms with Crippen LogP contribution in [0.4, 0.5) is 14.9 Å². The summed E-state index contributed by atoms with van der Waals surface area (Å²) in [5, 5.41) is 8.45. The third kappa shape index (κ3) is 2.50. The highest BCUT2D eigenvalue weighted by Gasteiger charge is 2.31. The first kappa shape index (κ1) is 13.3. The maximum atomic E-state index is 13.7. The van der Waals surface area contributed by atoms with Crippen LogP contribution in [0.2, 0.25) is 0 Å². The molecule has 1 heterocycles. The van der Waals surface area contributed by atoms with Crippen molar-refractivity contribution in [1.29, 1.82) is 0 Å². The number of hydrogen-bond donors (Lipinski definition) is 2. The summed E-state index contributed by atoms with van der Waals surface area (Å²) in [6.07, 6.45) is -0.0722. The van der Waals surface area contributed by atoms with Crippen molar-refractivity contribution < 1.29 is 23.9 Å². The lowest BCUT2D eigenvalue weighted by atomic mass is 10.1. The van der Waals surface area contributed by atoms with Crippen LogP contribution in [0.3, 0.4) is 0 Å². The molecule has 0 bridgehead atoms. The quantitative estimate of drug-likeness (QED) is 0.645. The molecule has 1 aromatic carbocycles. The Balaban J connectivity index is 2.25. The van der Waals surface area contributed by atoms with Gasteiger partial charge in [-0.05, 0) is 24.6 Å². The van der Waals surface area contributed by atoms with Gasteiger partial charge in [0.15, 0.2) is 0 Å². The molecule has 19 heavy (non-hydrogen) atoms. The molecule has 1 atom stereocenters. The molecule has 102 valence electrons. The Hall–Kier alpha value is -2.15. The SMILES string of the molecule is CC[C@H]1CN(c2ccc(C(=O)NO)c(F)c2)C(=O)O1. The second-order valence-electron chi connectivity index (χ2n) is 4.13. The average molecular weight is 268 g/mol. The highest BCUT2D eigenvalue weighted by Crippen LogP contribution is 2.24. The third-order valence-corrected chi connectivity index (χ3v) is 2.94. The number of cyclic esters (lactones) is 1. The van der Waals surface area contributed by atoms with Gasteiger partial charge in [0.1, 0.15) is 11.9 Å². The zero-order valence-corrected chi connectivity index (χ0v) is 10.2. The minimum Gasteiger partial charge on any atom is -0.444 e. The fourth-order valence-corrected chi connectivity index (χ4v) is 1.86. The van der Waals surface area contributed by atoms with E-state index in [9.17, 15) is 14.0 Å². The highest BCUT2D eigenvalue weighted by atomic mass is 19.1. The molecule has 0 radical (unpaired) electrons. The third-order valence-electron chi connectivity index (χ3n) is 2.94. The van der Waals surface area contributed by atoms with Crippen molar-refractivity contribution in [2.75, 3.05) is 11.4 Å². The van der Waals surface area contributed by atoms with Crippen LogP contribution in [-0.4, -0.2) is 29.9 Å². The lowest BCUT2D eigenvalue weighted by Crippen LogP contribution is -2.25. The lowest BCUT2D eigenvalue weighted by molar-refractivity contribution is 0.0702. The van der Waals surface area contributed by atoms with E-state index in [2.05, 4.69) is 0 Å². The van der Waals surface area contributed by atoms with Crippen molar-refractivity contribution in [3.05, 3.63) is 29.6 Å². The molecule has 1 aliphatic rings. The van der Waals surface area contributed by atoms with Gasteiger partial charge in [0.25, 0.3) is 5.91 Å². The summed E-state index contributed by atoms with van der Waals surface area (Å²) < 4.78 is 18.8. The molecule has 0 aliphatic carbocycles. The molecule has 2 rings (SSSR count). The van der Waals surface area contributed by atoms with Crippen LogP contribution >= 0.6 is 0 Å². The summed E-state index contributed by atoms with van der Waals surface area (Å²) in [5.41, 5.74) is 1.36. The normalized spacial score (nSPS) is 18.4. The van der Waals surface area contributed by atoms with Gasteiger partial charge in [-0.15, -0.1) is 0 Å². The fourth-order valence-electron chi connectivity index (χ4n) is 1.86. The van der Waals surface area contributed by atoms with Crippen molar-refractivity contribution >= 4 is 17.7 Å². The molecule has 1 saturated heterocycles. The van der Waals surface area contributed by atoms with Crippen LogP contribution in [0.1, 0.15) is 23.7 Å². The van der Waals surface area contributed by atoms with E-state index in [4.69, 9.17) is 9.94 Å². The molecule has 1 fully saturated rings. The molecule has 0 aromatic heterocycles. The van der Waals surface area contributed by atoms with Gasteiger partial charge in [-0.3, -0.25) is 14.9 Å². The first-order chi connectivity index (χ1) is 9.06. The van der Waals surface area contributed by atoms with Gasteiger partial charge in [-0.25, -0.2) is 14.7 Å². The van der Waals surface area contributed by atoms with Gasteiger partial charge >= 0.3 is 6.09 Å². The number of anilines is 1. The molecule has 1 aliphatic heterocycles. The first-order valence-electron chi connectivity index (χ1n) is 5.79. The molecule has 6 nitrogen and oxygen atoms in total. The average Bonchev–Trinajstić information content (AvgIpc) is 2.79. The van der Waals surface area contributed by atoms with E-state index in [1.807, 2.05) is 6.92 Å². The number of amides is 2. The van der Waals surface area contributed by atoms with Crippen LogP contribution < -0.4 is 10.4 Å². The number of benzene rings is 1. The number of carbonyl (C=O) groups excluding carboxylic acids is 2. The Morgan fingerprint density at radius 3 is 2.89 bits per heavy atom. The van der Waals surface area contributed by atoms with E-state index in [-0.39, 0.29) is 11.7 Å². The number of nitrogens with one attached hydrogen (secondary N) is 1. The van der Waals surface area contributed by atoms with Gasteiger partial charge in [-0.2, -0.15) is 0 Å². The topological polar surface area (TPSA) is 78.9 Å². The van der Waals surface area contributed by atoms with Crippen LogP contribution in [0, 0.1) is 5.82 Å². The lowest BCUT2D eigenvalue weighted by Gasteiger charge is -2.13. The second kappa shape index (κ2) is 5.23. The number of nitrogens with zero attached hydrogens (tertiary/aromatic N) is 1. The molecular formula is C12H13FN2O4. The summed E-state index contributed by atoms with van der Waals surface area (Å²) in [4.78, 5) is 24.0. The maximum Gasteiger partial charge on any atom is 0.414 e. The van der Waals surface area contributed by atoms with Crippen LogP contribution in [0.15, 0.2) is 18.2 Å². The van der Waals surface area contributed by atoms with Gasteiger partial charge < -0.3 is 4.74 Å². The van der Waals surface area contributed by atoms with E-state index in [0.717, 1.165) is 6.07 Å². The van der Waals surface area contributed by atoms with Crippen LogP contribution in [0.25, 0.3) is 0 Å². The molecule has 2 amide bonds. The molecule has 0 saturated carbocycles. The minimum absolute atomic E-state index is 0.212. The van der Waals surface area contributed by atoms with Crippen molar-refractivity contribution in [2.45, 2.75) is 19.4 Å². The number of ether oxygens (including phenoxy) is 1. The predicted octanol–water partition coefficient (Wildman–Crippen LogP) is 1.68. The minimum atomic E-state index is -0.945. The van der Waals surface area contributed by atoms with Crippen molar-refractivity contribution in [3.8, 4) is 0 Å². The van der Waals surface area contributed by atoms with E-state index in [1.54, 1.807) is 0 Å². The Kier molecular flexibility index (Phi) is 3.66. The van der Waals surface area contributed by atoms with E-state index in [0.29, 0.717) is 18.7 Å². The van der Waals surface area contributed by atoms with Crippen molar-refractivity contribution in [2.24, 2.45) is 0 Å². The number of hydroxylamine groups is 1. The molecule has 1 aromatic rings. The summed E-state index contributed by atoms with van der Waals surface area (Å²) in [5.74, 6) is -1.77.